The monoisotopic (exact) mass is 514 g/mol. The molecule has 0 bridgehead atoms. The van der Waals surface area contributed by atoms with Gasteiger partial charge in [-0.3, -0.25) is 14.9 Å². The Hall–Kier alpha value is -4.45. The molecule has 2 aromatic carbocycles. The predicted octanol–water partition coefficient (Wildman–Crippen LogP) is 6.90. The van der Waals surface area contributed by atoms with Gasteiger partial charge < -0.3 is 5.73 Å². The van der Waals surface area contributed by atoms with Gasteiger partial charge in [0.05, 0.1) is 46.4 Å². The quantitative estimate of drug-likeness (QED) is 0.411. The highest BCUT2D eigenvalue weighted by Gasteiger charge is 2.34. The maximum Gasteiger partial charge on any atom is 0.419 e. The maximum absolute atomic E-state index is 13.5. The molecule has 0 saturated carbocycles. The maximum atomic E-state index is 13.5. The van der Waals surface area contributed by atoms with Crippen molar-refractivity contribution in [3.63, 3.8) is 0 Å². The number of hydrogen-bond donors (Lipinski definition) is 1. The summed E-state index contributed by atoms with van der Waals surface area (Å²) >= 11 is 0. The zero-order valence-electron chi connectivity index (χ0n) is 21.1. The van der Waals surface area contributed by atoms with Crippen molar-refractivity contribution in [2.75, 3.05) is 10.6 Å². The van der Waals surface area contributed by atoms with Gasteiger partial charge in [0.25, 0.3) is 0 Å². The van der Waals surface area contributed by atoms with Gasteiger partial charge in [-0.25, -0.2) is 4.98 Å². The van der Waals surface area contributed by atoms with E-state index in [-0.39, 0.29) is 6.04 Å². The zero-order chi connectivity index (χ0) is 27.2. The van der Waals surface area contributed by atoms with Crippen molar-refractivity contribution in [2.24, 2.45) is 9.98 Å². The molecular weight excluding hydrogens is 489 g/mol. The Balaban J connectivity index is 1.63. The van der Waals surface area contributed by atoms with E-state index in [0.29, 0.717) is 34.8 Å². The molecule has 2 aliphatic rings. The second-order valence-corrected chi connectivity index (χ2v) is 9.93. The Morgan fingerprint density at radius 1 is 1.03 bits per heavy atom. The van der Waals surface area contributed by atoms with Gasteiger partial charge >= 0.3 is 6.18 Å². The van der Waals surface area contributed by atoms with E-state index >= 15 is 0 Å². The van der Waals surface area contributed by atoms with Crippen LogP contribution in [0.3, 0.4) is 0 Å². The van der Waals surface area contributed by atoms with Crippen molar-refractivity contribution in [3.8, 4) is 17.2 Å². The fourth-order valence-corrected chi connectivity index (χ4v) is 4.53. The summed E-state index contributed by atoms with van der Waals surface area (Å²) in [7, 11) is 0. The summed E-state index contributed by atoms with van der Waals surface area (Å²) in [6, 6.07) is 16.5. The number of nitrogens with two attached hydrogens (primary N) is 1. The number of hydrogen-bond acceptors (Lipinski definition) is 6. The molecule has 192 valence electrons. The SMILES string of the molecule is CC1CC=C(c2ccc(C(C)(C)C#N)cc2)N2C(=N1)C=Nc1ccc(-c3cnc(N)c(C(F)(F)F)c3)cc12. The second-order valence-electron chi connectivity index (χ2n) is 9.93. The first-order chi connectivity index (χ1) is 18.0. The number of amidine groups is 1. The number of nitriles is 1. The molecule has 1 unspecified atom stereocenters. The van der Waals surface area contributed by atoms with Gasteiger partial charge in [-0.05, 0) is 62.1 Å². The van der Waals surface area contributed by atoms with Crippen molar-refractivity contribution >= 4 is 34.9 Å². The normalized spacial score (nSPS) is 17.1. The van der Waals surface area contributed by atoms with E-state index in [9.17, 15) is 18.4 Å². The molecule has 3 heterocycles. The lowest BCUT2D eigenvalue weighted by Gasteiger charge is -2.31. The number of benzene rings is 2. The number of anilines is 2. The minimum Gasteiger partial charge on any atom is -0.383 e. The highest BCUT2D eigenvalue weighted by atomic mass is 19.4. The van der Waals surface area contributed by atoms with Crippen molar-refractivity contribution in [2.45, 2.75) is 44.8 Å². The average Bonchev–Trinajstić information content (AvgIpc) is 3.06. The lowest BCUT2D eigenvalue weighted by Crippen LogP contribution is -2.32. The molecule has 3 aromatic rings. The number of fused-ring (bicyclic) bond motifs is 3. The lowest BCUT2D eigenvalue weighted by atomic mass is 9.86. The third kappa shape index (κ3) is 4.54. The highest BCUT2D eigenvalue weighted by molar-refractivity contribution is 6.41. The summed E-state index contributed by atoms with van der Waals surface area (Å²) < 4.78 is 40.5. The van der Waals surface area contributed by atoms with Crippen LogP contribution in [0.1, 0.15) is 43.9 Å². The van der Waals surface area contributed by atoms with E-state index in [1.807, 2.05) is 49.9 Å². The molecule has 2 N–H and O–H groups in total. The Kier molecular flexibility index (Phi) is 6.06. The van der Waals surface area contributed by atoms with Gasteiger partial charge in [-0.2, -0.15) is 18.4 Å². The van der Waals surface area contributed by atoms with E-state index in [4.69, 9.17) is 10.7 Å². The minimum atomic E-state index is -4.62. The third-order valence-electron chi connectivity index (χ3n) is 6.75. The van der Waals surface area contributed by atoms with Crippen LogP contribution in [-0.4, -0.2) is 23.1 Å². The minimum absolute atomic E-state index is 0.00798. The smallest absolute Gasteiger partial charge is 0.383 e. The van der Waals surface area contributed by atoms with Crippen molar-refractivity contribution in [3.05, 3.63) is 77.5 Å². The summed E-state index contributed by atoms with van der Waals surface area (Å²) in [5, 5.41) is 9.52. The Bertz CT molecular complexity index is 1540. The topological polar surface area (TPSA) is 90.7 Å². The number of rotatable bonds is 3. The van der Waals surface area contributed by atoms with Crippen LogP contribution < -0.4 is 10.6 Å². The first-order valence-electron chi connectivity index (χ1n) is 12.1. The summed E-state index contributed by atoms with van der Waals surface area (Å²) in [6.45, 7) is 5.75. The predicted molar refractivity (Wildman–Crippen MR) is 144 cm³/mol. The third-order valence-corrected chi connectivity index (χ3v) is 6.75. The molecule has 0 spiro atoms. The molecule has 5 rings (SSSR count). The number of alkyl halides is 3. The fraction of sp³-hybridized carbons (Fsp3) is 0.241. The number of aliphatic imine (C=N–C) groups is 2. The lowest BCUT2D eigenvalue weighted by molar-refractivity contribution is -0.137. The van der Waals surface area contributed by atoms with Crippen LogP contribution in [0.2, 0.25) is 0 Å². The number of aromatic nitrogens is 1. The van der Waals surface area contributed by atoms with Crippen LogP contribution in [0.25, 0.3) is 16.8 Å². The molecule has 0 radical (unpaired) electrons. The van der Waals surface area contributed by atoms with Crippen LogP contribution in [0.4, 0.5) is 30.4 Å². The van der Waals surface area contributed by atoms with Crippen molar-refractivity contribution in [1.82, 2.24) is 4.98 Å². The number of nitrogen functional groups attached to an aromatic ring is 1. The standard InChI is InChI=1S/C29H25F3N6/c1-17-4-11-24(18-5-8-21(9-6-18)28(2,3)16-33)38-25-13-19(7-10-23(25)35-15-26(38)37-17)20-12-22(29(30,31)32)27(34)36-14-20/h5-15,17H,4H2,1-3H3,(H2,34,36). The molecule has 0 fully saturated rings. The van der Waals surface area contributed by atoms with Gasteiger partial charge in [0.1, 0.15) is 5.82 Å². The van der Waals surface area contributed by atoms with Crippen molar-refractivity contribution in [1.29, 1.82) is 5.26 Å². The second kappa shape index (κ2) is 9.14. The Morgan fingerprint density at radius 2 is 1.74 bits per heavy atom. The zero-order valence-corrected chi connectivity index (χ0v) is 21.1. The molecule has 9 heteroatoms. The van der Waals surface area contributed by atoms with Gasteiger partial charge in [0.15, 0.2) is 5.84 Å². The van der Waals surface area contributed by atoms with Crippen LogP contribution >= 0.6 is 0 Å². The van der Waals surface area contributed by atoms with Gasteiger partial charge in [-0.1, -0.05) is 36.4 Å². The van der Waals surface area contributed by atoms with Crippen LogP contribution in [0, 0.1) is 11.3 Å². The van der Waals surface area contributed by atoms with Gasteiger partial charge in [0.2, 0.25) is 0 Å². The van der Waals surface area contributed by atoms with Crippen LogP contribution in [-0.2, 0) is 11.6 Å². The highest BCUT2D eigenvalue weighted by Crippen LogP contribution is 2.42. The molecule has 1 atom stereocenters. The van der Waals surface area contributed by atoms with Gasteiger partial charge in [0, 0.05) is 11.8 Å². The van der Waals surface area contributed by atoms with E-state index in [0.717, 1.165) is 22.9 Å². The fourth-order valence-electron chi connectivity index (χ4n) is 4.53. The summed E-state index contributed by atoms with van der Waals surface area (Å²) in [4.78, 5) is 15.2. The molecule has 0 amide bonds. The summed E-state index contributed by atoms with van der Waals surface area (Å²) in [6.07, 6.45) is 1.23. The average molecular weight is 515 g/mol. The molecule has 1 aromatic heterocycles. The molecule has 0 aliphatic carbocycles. The molecule has 38 heavy (non-hydrogen) atoms. The van der Waals surface area contributed by atoms with Crippen LogP contribution in [0.15, 0.2) is 70.8 Å². The summed E-state index contributed by atoms with van der Waals surface area (Å²) in [5.41, 5.74) is 8.80. The van der Waals surface area contributed by atoms with E-state index < -0.39 is 23.0 Å². The first kappa shape index (κ1) is 25.2. The van der Waals surface area contributed by atoms with Gasteiger partial charge in [-0.15, -0.1) is 0 Å². The van der Waals surface area contributed by atoms with E-state index in [2.05, 4.69) is 22.1 Å². The summed E-state index contributed by atoms with van der Waals surface area (Å²) in [5.74, 6) is 0.0757. The van der Waals surface area contributed by atoms with E-state index in [1.165, 1.54) is 6.20 Å². The molecule has 2 aliphatic heterocycles. The Labute approximate surface area is 218 Å². The molecule has 0 saturated heterocycles. The van der Waals surface area contributed by atoms with E-state index in [1.54, 1.807) is 24.4 Å². The Morgan fingerprint density at radius 3 is 2.42 bits per heavy atom. The molecule has 6 nitrogen and oxygen atoms in total. The number of pyridine rings is 1. The number of halogens is 3. The first-order valence-corrected chi connectivity index (χ1v) is 12.1. The largest absolute Gasteiger partial charge is 0.419 e. The van der Waals surface area contributed by atoms with Crippen molar-refractivity contribution < 1.29 is 13.2 Å². The number of nitrogens with zero attached hydrogens (tertiary/aromatic N) is 5. The molecular formula is C29H25F3N6. The van der Waals surface area contributed by atoms with Crippen LogP contribution in [0.5, 0.6) is 0 Å².